The van der Waals surface area contributed by atoms with E-state index in [2.05, 4.69) is 40.3 Å². The minimum absolute atomic E-state index is 0.0725. The van der Waals surface area contributed by atoms with Gasteiger partial charge in [-0.2, -0.15) is 53.7 Å². The molecule has 0 saturated carbocycles. The monoisotopic (exact) mass is 945 g/mol. The number of hydrazone groups is 1. The molecule has 0 fully saturated rings. The van der Waals surface area contributed by atoms with E-state index in [0.29, 0.717) is 0 Å². The Balaban J connectivity index is 1.26. The van der Waals surface area contributed by atoms with E-state index >= 15 is 0 Å². The van der Waals surface area contributed by atoms with E-state index < -0.39 is 100 Å². The maximum Gasteiger partial charge on any atom is 0.397 e. The van der Waals surface area contributed by atoms with Crippen LogP contribution in [-0.4, -0.2) is 99.1 Å². The van der Waals surface area contributed by atoms with Gasteiger partial charge >= 0.3 is 10.4 Å². The first-order chi connectivity index (χ1) is 27.8. The first-order valence-corrected chi connectivity index (χ1v) is 23.6. The molecule has 316 valence electrons. The third kappa shape index (κ3) is 10.1. The molecule has 0 spiro atoms. The molecule has 1 heterocycles. The Morgan fingerprint density at radius 2 is 1.33 bits per heavy atom. The van der Waals surface area contributed by atoms with Gasteiger partial charge in [0.15, 0.2) is 15.5 Å². The topological polar surface area (TPSA) is 365 Å². The Kier molecular flexibility index (Phi) is 11.9. The van der Waals surface area contributed by atoms with E-state index in [1.165, 1.54) is 42.5 Å². The van der Waals surface area contributed by atoms with Crippen LogP contribution in [0.1, 0.15) is 15.9 Å². The van der Waals surface area contributed by atoms with Gasteiger partial charge in [0.25, 0.3) is 30.4 Å². The Bertz CT molecular complexity index is 3260. The number of nitrogens with zero attached hydrogens (tertiary/aromatic N) is 4. The van der Waals surface area contributed by atoms with Crippen LogP contribution in [0.5, 0.6) is 0 Å². The molecule has 0 bridgehead atoms. The molecule has 0 unspecified atom stereocenters. The largest absolute Gasteiger partial charge is 0.397 e. The molecule has 29 heteroatoms. The molecule has 23 nitrogen and oxygen atoms in total. The number of benzene rings is 4. The number of allylic oxidation sites excluding steroid dienone is 1. The zero-order valence-corrected chi connectivity index (χ0v) is 34.2. The lowest BCUT2D eigenvalue weighted by molar-refractivity contribution is 0.106. The van der Waals surface area contributed by atoms with Crippen molar-refractivity contribution in [3.8, 4) is 0 Å². The SMILES string of the molecule is O=C1C(=NNc2ccc3c(S(=O)(=O)O)cccc3c2S(=O)(=O)O)C(S(=O)(=O)O)=Cc2cc(Nc3nc(Cl)nc(Nc4ccc(S(=O)(=O)CCOS(=O)(=O)O)cc4)n3)ccc21. The number of nitrogens with one attached hydrogen (secondary N) is 3. The van der Waals surface area contributed by atoms with Crippen LogP contribution in [0.2, 0.25) is 5.28 Å². The average Bonchev–Trinajstić information content (AvgIpc) is 3.12. The number of ketones is 1. The van der Waals surface area contributed by atoms with Gasteiger partial charge in [0, 0.05) is 27.7 Å². The van der Waals surface area contributed by atoms with Crippen molar-refractivity contribution in [1.29, 1.82) is 0 Å². The number of anilines is 5. The highest BCUT2D eigenvalue weighted by Gasteiger charge is 2.33. The summed E-state index contributed by atoms with van der Waals surface area (Å²) in [6, 6.07) is 14.0. The third-order valence-electron chi connectivity index (χ3n) is 8.02. The van der Waals surface area contributed by atoms with E-state index in [1.807, 2.05) is 0 Å². The normalized spacial score (nSPS) is 14.4. The Morgan fingerprint density at radius 3 is 1.93 bits per heavy atom. The maximum atomic E-state index is 13.6. The Morgan fingerprint density at radius 1 is 0.700 bits per heavy atom. The zero-order valence-electron chi connectivity index (χ0n) is 29.3. The molecule has 5 aromatic rings. The molecule has 4 aromatic carbocycles. The predicted molar refractivity (Wildman–Crippen MR) is 212 cm³/mol. The molecule has 0 saturated heterocycles. The summed E-state index contributed by atoms with van der Waals surface area (Å²) in [6.07, 6.45) is 0.874. The Labute approximate surface area is 344 Å². The van der Waals surface area contributed by atoms with Crippen molar-refractivity contribution in [2.75, 3.05) is 28.4 Å². The molecule has 0 radical (unpaired) electrons. The fourth-order valence-corrected chi connectivity index (χ4v) is 9.42. The summed E-state index contributed by atoms with van der Waals surface area (Å²) in [7, 11) is -24.1. The van der Waals surface area contributed by atoms with Gasteiger partial charge in [-0.25, -0.2) is 12.6 Å². The molecule has 1 aromatic heterocycles. The summed E-state index contributed by atoms with van der Waals surface area (Å²) in [6.45, 7) is -0.824. The van der Waals surface area contributed by atoms with Crippen LogP contribution in [0.4, 0.5) is 29.0 Å². The second kappa shape index (κ2) is 16.2. The first-order valence-electron chi connectivity index (χ1n) is 15.9. The first kappa shape index (κ1) is 44.0. The second-order valence-electron chi connectivity index (χ2n) is 12.0. The quantitative estimate of drug-likeness (QED) is 0.0621. The molecule has 0 atom stereocenters. The smallest absolute Gasteiger partial charge is 0.324 e. The molecule has 0 aliphatic heterocycles. The van der Waals surface area contributed by atoms with E-state index in [9.17, 15) is 60.5 Å². The number of rotatable bonds is 14. The van der Waals surface area contributed by atoms with Gasteiger partial charge in [-0.3, -0.25) is 28.4 Å². The number of hydrogen-bond donors (Lipinski definition) is 7. The van der Waals surface area contributed by atoms with Crippen LogP contribution in [0.15, 0.2) is 97.5 Å². The highest BCUT2D eigenvalue weighted by molar-refractivity contribution is 7.91. The molecule has 0 amide bonds. The van der Waals surface area contributed by atoms with Gasteiger partial charge in [-0.05, 0) is 77.8 Å². The van der Waals surface area contributed by atoms with E-state index in [-0.39, 0.29) is 50.0 Å². The number of hydrogen-bond acceptors (Lipinski definition) is 19. The number of halogens is 1. The van der Waals surface area contributed by atoms with E-state index in [1.54, 1.807) is 0 Å². The third-order valence-corrected chi connectivity index (χ3v) is 13.1. The van der Waals surface area contributed by atoms with Gasteiger partial charge in [0.2, 0.25) is 23.0 Å². The van der Waals surface area contributed by atoms with Crippen molar-refractivity contribution in [1.82, 2.24) is 15.0 Å². The lowest BCUT2D eigenvalue weighted by atomic mass is 9.94. The molecule has 60 heavy (non-hydrogen) atoms. The lowest BCUT2D eigenvalue weighted by Crippen LogP contribution is -2.27. The summed E-state index contributed by atoms with van der Waals surface area (Å²) in [5.41, 5.74) is 0.879. The fourth-order valence-electron chi connectivity index (χ4n) is 5.56. The number of Topliss-reactive ketones (excluding diaryl/α,β-unsaturated/α-hetero) is 1. The summed E-state index contributed by atoms with van der Waals surface area (Å²) in [5, 5.41) is 8.27. The predicted octanol–water partition coefficient (Wildman–Crippen LogP) is 3.15. The molecule has 1 aliphatic carbocycles. The maximum absolute atomic E-state index is 13.6. The highest BCUT2D eigenvalue weighted by Crippen LogP contribution is 2.35. The van der Waals surface area contributed by atoms with Crippen molar-refractivity contribution in [3.05, 3.63) is 94.1 Å². The van der Waals surface area contributed by atoms with Crippen LogP contribution in [0.25, 0.3) is 16.8 Å². The minimum Gasteiger partial charge on any atom is -0.324 e. The lowest BCUT2D eigenvalue weighted by Gasteiger charge is -2.18. The molecular weight excluding hydrogens is 922 g/mol. The van der Waals surface area contributed by atoms with Crippen molar-refractivity contribution < 1.29 is 69.3 Å². The number of aromatic nitrogens is 3. The number of carbonyl (C=O) groups is 1. The summed E-state index contributed by atoms with van der Waals surface area (Å²) < 4.78 is 163. The zero-order chi connectivity index (χ0) is 44.0. The van der Waals surface area contributed by atoms with Gasteiger partial charge in [0.1, 0.15) is 14.7 Å². The molecule has 7 N–H and O–H groups in total. The molecule has 1 aliphatic rings. The Hall–Kier alpha value is -5.53. The summed E-state index contributed by atoms with van der Waals surface area (Å²) >= 11 is 6.09. The van der Waals surface area contributed by atoms with Gasteiger partial charge < -0.3 is 10.6 Å². The van der Waals surface area contributed by atoms with Crippen LogP contribution >= 0.6 is 11.6 Å². The van der Waals surface area contributed by atoms with E-state index in [4.69, 9.17) is 16.2 Å². The summed E-state index contributed by atoms with van der Waals surface area (Å²) in [4.78, 5) is 22.8. The minimum atomic E-state index is -5.23. The second-order valence-corrected chi connectivity index (χ2v) is 19.7. The van der Waals surface area contributed by atoms with Gasteiger partial charge in [-0.1, -0.05) is 18.2 Å². The van der Waals surface area contributed by atoms with Gasteiger partial charge in [0.05, 0.1) is 22.9 Å². The van der Waals surface area contributed by atoms with Crippen molar-refractivity contribution >= 4 is 119 Å². The number of fused-ring (bicyclic) bond motifs is 2. The summed E-state index contributed by atoms with van der Waals surface area (Å²) in [5.74, 6) is -2.17. The van der Waals surface area contributed by atoms with Crippen molar-refractivity contribution in [3.63, 3.8) is 0 Å². The van der Waals surface area contributed by atoms with Crippen molar-refractivity contribution in [2.24, 2.45) is 5.10 Å². The highest BCUT2D eigenvalue weighted by atomic mass is 35.5. The van der Waals surface area contributed by atoms with Crippen LogP contribution in [0, 0.1) is 0 Å². The fraction of sp³-hybridized carbons (Fsp3) is 0.0645. The molecule has 6 rings (SSSR count). The van der Waals surface area contributed by atoms with Crippen LogP contribution in [-0.2, 0) is 54.8 Å². The molecular formula is C31H24ClN7O16S5. The average molecular weight is 946 g/mol. The number of sulfone groups is 1. The van der Waals surface area contributed by atoms with Crippen LogP contribution in [0.3, 0.4) is 0 Å². The van der Waals surface area contributed by atoms with Crippen molar-refractivity contribution in [2.45, 2.75) is 14.7 Å². The van der Waals surface area contributed by atoms with Crippen LogP contribution < -0.4 is 16.1 Å². The number of carbonyl (C=O) groups excluding carboxylic acids is 1. The van der Waals surface area contributed by atoms with E-state index in [0.717, 1.165) is 36.4 Å². The van der Waals surface area contributed by atoms with Gasteiger partial charge in [-0.15, -0.1) is 0 Å². The standard InChI is InChI=1S/C31H24ClN7O16S5/c32-29-35-30(33-17-4-7-19(8-5-17)56(41,42)13-12-55-60(52,53)54)37-31(36-29)34-18-6-9-20-16(14-18)15-25(58(46,47)48)26(27(20)40)39-38-23-11-10-21-22(28(23)59(49,50)51)2-1-3-24(21)57(43,44)45/h1-11,14-15,38H,12-13H2,(H,43,44,45)(H,46,47,48)(H,49,50,51)(H,52,53,54)(H2,33,34,35,36,37).